The molecule has 0 saturated carbocycles. The largest absolute Gasteiger partial charge is 0.508 e. The third-order valence-corrected chi connectivity index (χ3v) is 10.2. The maximum atomic E-state index is 13.3. The van der Waals surface area contributed by atoms with Gasteiger partial charge in [-0.1, -0.05) is 78.5 Å². The molecular weight excluding hydrogens is 711 g/mol. The third kappa shape index (κ3) is 7.10. The van der Waals surface area contributed by atoms with E-state index in [2.05, 4.69) is 25.6 Å². The number of esters is 2. The van der Waals surface area contributed by atoms with Crippen molar-refractivity contribution in [2.45, 2.75) is 36.2 Å². The number of anilines is 1. The SMILES string of the molecule is O=C(Nc1cccc(C2O[C@H](CSc3nnnn3-c3ccc(O)cc3)[C@@H](c3ccccc3)[C@H](c3ccc(CO)cc3)O2)c1)c1ccc2c(c1)C(=O)OC2=O. The number of aliphatic hydroxyl groups is 1. The van der Waals surface area contributed by atoms with Crippen molar-refractivity contribution < 1.29 is 38.8 Å². The number of carbonyl (C=O) groups is 3. The lowest BCUT2D eigenvalue weighted by Gasteiger charge is -2.43. The zero-order valence-corrected chi connectivity index (χ0v) is 29.1. The Morgan fingerprint density at radius 1 is 0.796 bits per heavy atom. The number of aromatic hydroxyl groups is 1. The quantitative estimate of drug-likeness (QED) is 0.0831. The molecule has 13 nitrogen and oxygen atoms in total. The molecule has 0 spiro atoms. The Labute approximate surface area is 312 Å². The Morgan fingerprint density at radius 3 is 2.33 bits per heavy atom. The number of benzene rings is 5. The number of amides is 1. The third-order valence-electron chi connectivity index (χ3n) is 9.21. The van der Waals surface area contributed by atoms with Gasteiger partial charge in [0.2, 0.25) is 5.16 Å². The van der Waals surface area contributed by atoms with Gasteiger partial charge in [0.05, 0.1) is 35.6 Å². The zero-order valence-electron chi connectivity index (χ0n) is 28.3. The van der Waals surface area contributed by atoms with Crippen LogP contribution in [0.15, 0.2) is 126 Å². The van der Waals surface area contributed by atoms with Crippen molar-refractivity contribution in [3.63, 3.8) is 0 Å². The lowest BCUT2D eigenvalue weighted by molar-refractivity contribution is -0.255. The second-order valence-electron chi connectivity index (χ2n) is 12.6. The molecule has 0 aliphatic carbocycles. The summed E-state index contributed by atoms with van der Waals surface area (Å²) in [4.78, 5) is 37.3. The van der Waals surface area contributed by atoms with Crippen LogP contribution in [0, 0.1) is 0 Å². The number of hydrogen-bond acceptors (Lipinski definition) is 12. The van der Waals surface area contributed by atoms with Crippen molar-refractivity contribution in [1.82, 2.24) is 20.2 Å². The van der Waals surface area contributed by atoms with E-state index in [1.165, 1.54) is 30.0 Å². The van der Waals surface area contributed by atoms with Gasteiger partial charge in [0.1, 0.15) is 5.75 Å². The highest BCUT2D eigenvalue weighted by Gasteiger charge is 2.42. The van der Waals surface area contributed by atoms with Crippen molar-refractivity contribution in [3.05, 3.63) is 160 Å². The Morgan fingerprint density at radius 2 is 1.56 bits per heavy atom. The Kier molecular flexibility index (Phi) is 9.71. The molecule has 3 heterocycles. The summed E-state index contributed by atoms with van der Waals surface area (Å²) in [6.45, 7) is -0.0964. The van der Waals surface area contributed by atoms with E-state index in [0.717, 1.165) is 16.7 Å². The van der Waals surface area contributed by atoms with Crippen LogP contribution >= 0.6 is 11.8 Å². The van der Waals surface area contributed by atoms with Crippen molar-refractivity contribution in [3.8, 4) is 11.4 Å². The molecule has 14 heteroatoms. The number of nitrogens with zero attached hydrogens (tertiary/aromatic N) is 4. The summed E-state index contributed by atoms with van der Waals surface area (Å²) >= 11 is 1.42. The van der Waals surface area contributed by atoms with E-state index < -0.39 is 36.3 Å². The van der Waals surface area contributed by atoms with Gasteiger partial charge < -0.3 is 29.7 Å². The predicted octanol–water partition coefficient (Wildman–Crippen LogP) is 6.15. The first-order valence-corrected chi connectivity index (χ1v) is 17.9. The van der Waals surface area contributed by atoms with Gasteiger partial charge in [0.25, 0.3) is 5.91 Å². The Hall–Kier alpha value is -6.19. The number of carbonyl (C=O) groups excluding carboxylic acids is 3. The van der Waals surface area contributed by atoms with Gasteiger partial charge in [-0.05, 0) is 81.7 Å². The van der Waals surface area contributed by atoms with Gasteiger partial charge in [0, 0.05) is 28.5 Å². The van der Waals surface area contributed by atoms with Crippen LogP contribution in [0.1, 0.15) is 71.6 Å². The molecular formula is C40H31N5O8S. The molecule has 54 heavy (non-hydrogen) atoms. The molecule has 0 radical (unpaired) electrons. The second kappa shape index (κ2) is 15.0. The molecule has 4 atom stereocenters. The van der Waals surface area contributed by atoms with E-state index in [1.807, 2.05) is 60.7 Å². The van der Waals surface area contributed by atoms with E-state index in [9.17, 15) is 24.6 Å². The molecule has 8 rings (SSSR count). The topological polar surface area (TPSA) is 175 Å². The molecule has 6 aromatic rings. The van der Waals surface area contributed by atoms with Gasteiger partial charge in [0.15, 0.2) is 6.29 Å². The summed E-state index contributed by atoms with van der Waals surface area (Å²) in [5, 5.41) is 35.3. The number of nitrogens with one attached hydrogen (secondary N) is 1. The minimum Gasteiger partial charge on any atom is -0.508 e. The predicted molar refractivity (Wildman–Crippen MR) is 195 cm³/mol. The van der Waals surface area contributed by atoms with Crippen LogP contribution in [0.2, 0.25) is 0 Å². The summed E-state index contributed by atoms with van der Waals surface area (Å²) in [5.74, 6) is -1.76. The number of aromatic nitrogens is 4. The molecule has 3 N–H and O–H groups in total. The Bertz CT molecular complexity index is 2340. The van der Waals surface area contributed by atoms with Crippen molar-refractivity contribution in [2.75, 3.05) is 11.1 Å². The fourth-order valence-corrected chi connectivity index (χ4v) is 7.48. The van der Waals surface area contributed by atoms with Crippen LogP contribution in [-0.2, 0) is 20.8 Å². The van der Waals surface area contributed by atoms with E-state index in [4.69, 9.17) is 9.47 Å². The molecule has 2 aliphatic rings. The molecule has 1 saturated heterocycles. The highest BCUT2D eigenvalue weighted by Crippen LogP contribution is 2.48. The molecule has 0 bridgehead atoms. The molecule has 1 aromatic heterocycles. The van der Waals surface area contributed by atoms with Gasteiger partial charge in [-0.2, -0.15) is 4.68 Å². The normalized spacial score (nSPS) is 19.3. The number of phenols is 1. The summed E-state index contributed by atoms with van der Waals surface area (Å²) in [6.07, 6.45) is -1.82. The minimum atomic E-state index is -0.871. The van der Waals surface area contributed by atoms with Crippen molar-refractivity contribution in [1.29, 1.82) is 0 Å². The smallest absolute Gasteiger partial charge is 0.346 e. The van der Waals surface area contributed by atoms with Crippen LogP contribution in [0.5, 0.6) is 5.75 Å². The summed E-state index contributed by atoms with van der Waals surface area (Å²) in [5.41, 5.74) is 4.76. The number of cyclic esters (lactones) is 2. The number of tetrazole rings is 1. The Balaban J connectivity index is 1.11. The first kappa shape index (κ1) is 34.9. The van der Waals surface area contributed by atoms with Crippen LogP contribution in [0.3, 0.4) is 0 Å². The lowest BCUT2D eigenvalue weighted by Crippen LogP contribution is -2.38. The monoisotopic (exact) mass is 741 g/mol. The molecule has 1 unspecified atom stereocenters. The van der Waals surface area contributed by atoms with Gasteiger partial charge >= 0.3 is 11.9 Å². The van der Waals surface area contributed by atoms with Gasteiger partial charge in [-0.3, -0.25) is 4.79 Å². The van der Waals surface area contributed by atoms with Gasteiger partial charge in [-0.15, -0.1) is 5.10 Å². The first-order valence-electron chi connectivity index (χ1n) is 16.9. The van der Waals surface area contributed by atoms with Crippen LogP contribution in [0.25, 0.3) is 5.69 Å². The maximum Gasteiger partial charge on any atom is 0.346 e. The van der Waals surface area contributed by atoms with Crippen molar-refractivity contribution in [2.24, 2.45) is 0 Å². The average Bonchev–Trinajstić information content (AvgIpc) is 3.80. The van der Waals surface area contributed by atoms with E-state index in [-0.39, 0.29) is 35.0 Å². The van der Waals surface area contributed by atoms with Gasteiger partial charge in [-0.25, -0.2) is 9.59 Å². The number of fused-ring (bicyclic) bond motifs is 1. The number of thioether (sulfide) groups is 1. The molecule has 1 amide bonds. The van der Waals surface area contributed by atoms with Crippen molar-refractivity contribution >= 4 is 35.3 Å². The fourth-order valence-electron chi connectivity index (χ4n) is 6.53. The number of ether oxygens (including phenoxy) is 3. The number of hydrogen-bond donors (Lipinski definition) is 3. The molecule has 1 fully saturated rings. The zero-order chi connectivity index (χ0) is 37.2. The number of phenolic OH excluding ortho intramolecular Hbond substituents is 1. The number of aliphatic hydroxyl groups excluding tert-OH is 1. The summed E-state index contributed by atoms with van der Waals surface area (Å²) in [7, 11) is 0. The highest BCUT2D eigenvalue weighted by molar-refractivity contribution is 7.99. The maximum absolute atomic E-state index is 13.3. The molecule has 2 aliphatic heterocycles. The van der Waals surface area contributed by atoms with E-state index in [0.29, 0.717) is 27.8 Å². The number of rotatable bonds is 10. The highest BCUT2D eigenvalue weighted by atomic mass is 32.2. The summed E-state index contributed by atoms with van der Waals surface area (Å²) < 4.78 is 19.9. The van der Waals surface area contributed by atoms with Crippen LogP contribution in [-0.4, -0.2) is 60.1 Å². The van der Waals surface area contributed by atoms with E-state index >= 15 is 0 Å². The molecule has 270 valence electrons. The fraction of sp³-hybridized carbons (Fsp3) is 0.150. The van der Waals surface area contributed by atoms with Crippen LogP contribution < -0.4 is 5.32 Å². The summed E-state index contributed by atoms with van der Waals surface area (Å²) in [6, 6.07) is 35.5. The average molecular weight is 742 g/mol. The second-order valence-corrected chi connectivity index (χ2v) is 13.6. The van der Waals surface area contributed by atoms with Crippen LogP contribution in [0.4, 0.5) is 5.69 Å². The lowest BCUT2D eigenvalue weighted by atomic mass is 9.84. The molecule has 5 aromatic carbocycles. The van der Waals surface area contributed by atoms with E-state index in [1.54, 1.807) is 47.1 Å². The first-order chi connectivity index (χ1) is 26.3. The minimum absolute atomic E-state index is 0.0393. The standard InChI is InChI=1S/C40H31N5O8S/c46-21-23-9-11-25(12-10-23)35-34(24-5-2-1-3-6-24)33(22-54-40-42-43-44-45(40)29-14-16-30(47)17-15-29)51-39(52-35)27-7-4-8-28(19-27)41-36(48)26-13-18-31-32(20-26)38(50)53-37(31)49/h1-20,33-35,39,46-47H,21-22H2,(H,41,48)/t33-,34-,35+,39?/m1/s1.